The van der Waals surface area contributed by atoms with Crippen LogP contribution in [-0.4, -0.2) is 18.2 Å². The van der Waals surface area contributed by atoms with Gasteiger partial charge in [-0.2, -0.15) is 5.10 Å². The van der Waals surface area contributed by atoms with Gasteiger partial charge in [0.25, 0.3) is 5.91 Å². The molecule has 0 saturated heterocycles. The van der Waals surface area contributed by atoms with Crippen molar-refractivity contribution >= 4 is 11.6 Å². The van der Waals surface area contributed by atoms with E-state index in [-0.39, 0.29) is 17.9 Å². The molecule has 0 aromatic heterocycles. The van der Waals surface area contributed by atoms with Gasteiger partial charge in [-0.15, -0.1) is 0 Å². The van der Waals surface area contributed by atoms with Gasteiger partial charge in [-0.1, -0.05) is 39.8 Å². The van der Waals surface area contributed by atoms with Gasteiger partial charge < -0.3 is 4.74 Å². The average Bonchev–Trinajstić information content (AvgIpc) is 2.41. The van der Waals surface area contributed by atoms with Gasteiger partial charge in [0.2, 0.25) is 0 Å². The highest BCUT2D eigenvalue weighted by Crippen LogP contribution is 2.15. The Balaban J connectivity index is 2.43. The first-order valence-corrected chi connectivity index (χ1v) is 6.88. The number of carbonyl (C=O) groups excluding carboxylic acids is 1. The monoisotopic (exact) mass is 276 g/mol. The van der Waals surface area contributed by atoms with Crippen molar-refractivity contribution in [1.82, 2.24) is 5.43 Å². The molecule has 4 nitrogen and oxygen atoms in total. The highest BCUT2D eigenvalue weighted by Gasteiger charge is 2.14. The van der Waals surface area contributed by atoms with E-state index in [1.807, 2.05) is 52.0 Å². The number of hydrazone groups is 1. The molecule has 0 radical (unpaired) electrons. The van der Waals surface area contributed by atoms with Crippen molar-refractivity contribution in [2.24, 2.45) is 10.5 Å². The van der Waals surface area contributed by atoms with E-state index in [4.69, 9.17) is 4.74 Å². The third kappa shape index (κ3) is 5.43. The highest BCUT2D eigenvalue weighted by molar-refractivity contribution is 5.88. The molecule has 1 amide bonds. The topological polar surface area (TPSA) is 50.7 Å². The minimum atomic E-state index is -0.256. The van der Waals surface area contributed by atoms with Crippen molar-refractivity contribution in [2.45, 2.75) is 41.0 Å². The third-order valence-corrected chi connectivity index (χ3v) is 3.14. The molecule has 1 N–H and O–H groups in total. The normalized spacial score (nSPS) is 12.2. The summed E-state index contributed by atoms with van der Waals surface area (Å²) in [6, 6.07) is 7.73. The van der Waals surface area contributed by atoms with E-state index >= 15 is 0 Å². The Morgan fingerprint density at radius 2 is 1.85 bits per heavy atom. The predicted octanol–water partition coefficient (Wildman–Crippen LogP) is 3.17. The lowest BCUT2D eigenvalue weighted by Crippen LogP contribution is -2.28. The second-order valence-electron chi connectivity index (χ2n) is 5.77. The summed E-state index contributed by atoms with van der Waals surface area (Å²) in [5.41, 5.74) is 4.57. The van der Waals surface area contributed by atoms with Crippen LogP contribution in [0.5, 0.6) is 5.75 Å². The van der Waals surface area contributed by atoms with E-state index in [9.17, 15) is 4.79 Å². The fraction of sp³-hybridized carbons (Fsp3) is 0.500. The second-order valence-corrected chi connectivity index (χ2v) is 5.77. The molecule has 0 bridgehead atoms. The van der Waals surface area contributed by atoms with E-state index in [0.29, 0.717) is 5.75 Å². The summed E-state index contributed by atoms with van der Waals surface area (Å²) in [6.45, 7) is 10.1. The van der Waals surface area contributed by atoms with Crippen molar-refractivity contribution < 1.29 is 9.53 Å². The fourth-order valence-corrected chi connectivity index (χ4v) is 1.32. The average molecular weight is 276 g/mol. The molecule has 0 unspecified atom stereocenters. The van der Waals surface area contributed by atoms with Crippen molar-refractivity contribution in [3.8, 4) is 5.75 Å². The number of nitrogens with one attached hydrogen (secondary N) is 1. The van der Waals surface area contributed by atoms with Gasteiger partial charge in [0.05, 0.1) is 0 Å². The molecule has 110 valence electrons. The Morgan fingerprint density at radius 1 is 1.25 bits per heavy atom. The number of benzene rings is 1. The summed E-state index contributed by atoms with van der Waals surface area (Å²) in [5.74, 6) is 0.432. The number of hydrogen-bond acceptors (Lipinski definition) is 3. The summed E-state index contributed by atoms with van der Waals surface area (Å²) in [7, 11) is 0. The summed E-state index contributed by atoms with van der Waals surface area (Å²) in [4.78, 5) is 11.6. The van der Waals surface area contributed by atoms with Gasteiger partial charge in [0.15, 0.2) is 6.61 Å². The Kier molecular flexibility index (Phi) is 5.74. The van der Waals surface area contributed by atoms with E-state index in [0.717, 1.165) is 12.1 Å². The lowest BCUT2D eigenvalue weighted by atomic mass is 9.91. The Hall–Kier alpha value is -1.84. The number of carbonyl (C=O) groups is 1. The number of ether oxygens (including phenoxy) is 1. The molecule has 1 aromatic rings. The van der Waals surface area contributed by atoms with Crippen LogP contribution in [0.3, 0.4) is 0 Å². The lowest BCUT2D eigenvalue weighted by Gasteiger charge is -2.17. The smallest absolute Gasteiger partial charge is 0.277 e. The van der Waals surface area contributed by atoms with Crippen LogP contribution in [0, 0.1) is 5.41 Å². The first kappa shape index (κ1) is 16.2. The Labute approximate surface area is 121 Å². The van der Waals surface area contributed by atoms with Crippen LogP contribution >= 0.6 is 0 Å². The van der Waals surface area contributed by atoms with E-state index < -0.39 is 0 Å². The number of rotatable bonds is 5. The molecular weight excluding hydrogens is 252 g/mol. The molecule has 1 rings (SSSR count). The van der Waals surface area contributed by atoms with Crippen molar-refractivity contribution in [3.05, 3.63) is 29.8 Å². The minimum absolute atomic E-state index is 0.0353. The molecule has 0 atom stereocenters. The van der Waals surface area contributed by atoms with Crippen LogP contribution < -0.4 is 10.2 Å². The minimum Gasteiger partial charge on any atom is -0.484 e. The number of hydrogen-bond donors (Lipinski definition) is 1. The zero-order chi connectivity index (χ0) is 15.2. The summed E-state index contributed by atoms with van der Waals surface area (Å²) in [6.07, 6.45) is 0.988. The molecular formula is C16H24N2O2. The van der Waals surface area contributed by atoms with Crippen LogP contribution in [-0.2, 0) is 11.2 Å². The predicted molar refractivity (Wildman–Crippen MR) is 82.0 cm³/mol. The van der Waals surface area contributed by atoms with E-state index in [2.05, 4.69) is 17.5 Å². The van der Waals surface area contributed by atoms with Gasteiger partial charge in [0, 0.05) is 11.1 Å². The van der Waals surface area contributed by atoms with Crippen LogP contribution in [0.1, 0.15) is 40.2 Å². The molecule has 0 fully saturated rings. The molecule has 4 heteroatoms. The first-order chi connectivity index (χ1) is 9.32. The largest absolute Gasteiger partial charge is 0.484 e. The molecule has 0 saturated carbocycles. The van der Waals surface area contributed by atoms with Gasteiger partial charge in [-0.05, 0) is 31.0 Å². The standard InChI is InChI=1S/C16H24N2O2/c1-6-13-7-9-14(10-8-13)20-11-15(19)18-17-12(2)16(3,4)5/h7-10H,6,11H2,1-5H3,(H,18,19). The highest BCUT2D eigenvalue weighted by atomic mass is 16.5. The third-order valence-electron chi connectivity index (χ3n) is 3.14. The van der Waals surface area contributed by atoms with E-state index in [1.165, 1.54) is 5.56 Å². The van der Waals surface area contributed by atoms with Crippen LogP contribution in [0.4, 0.5) is 0 Å². The molecule has 0 aliphatic rings. The van der Waals surface area contributed by atoms with Gasteiger partial charge >= 0.3 is 0 Å². The fourth-order valence-electron chi connectivity index (χ4n) is 1.32. The quantitative estimate of drug-likeness (QED) is 0.663. The maximum atomic E-state index is 11.6. The summed E-state index contributed by atoms with van der Waals surface area (Å²) >= 11 is 0. The van der Waals surface area contributed by atoms with Gasteiger partial charge in [-0.25, -0.2) is 5.43 Å². The van der Waals surface area contributed by atoms with E-state index in [1.54, 1.807) is 0 Å². The van der Waals surface area contributed by atoms with Crippen molar-refractivity contribution in [3.63, 3.8) is 0 Å². The Morgan fingerprint density at radius 3 is 2.35 bits per heavy atom. The zero-order valence-electron chi connectivity index (χ0n) is 13.0. The summed E-state index contributed by atoms with van der Waals surface area (Å²) < 4.78 is 5.40. The van der Waals surface area contributed by atoms with Crippen molar-refractivity contribution in [1.29, 1.82) is 0 Å². The zero-order valence-corrected chi connectivity index (χ0v) is 13.0. The van der Waals surface area contributed by atoms with Gasteiger partial charge in [-0.3, -0.25) is 4.79 Å². The van der Waals surface area contributed by atoms with Crippen LogP contribution in [0.2, 0.25) is 0 Å². The van der Waals surface area contributed by atoms with Crippen molar-refractivity contribution in [2.75, 3.05) is 6.61 Å². The summed E-state index contributed by atoms with van der Waals surface area (Å²) in [5, 5.41) is 4.07. The molecule has 0 heterocycles. The SMILES string of the molecule is CCc1ccc(OCC(=O)NN=C(C)C(C)(C)C)cc1. The molecule has 1 aromatic carbocycles. The lowest BCUT2D eigenvalue weighted by molar-refractivity contribution is -0.123. The molecule has 0 aliphatic heterocycles. The van der Waals surface area contributed by atoms with Gasteiger partial charge in [0.1, 0.15) is 5.75 Å². The maximum Gasteiger partial charge on any atom is 0.277 e. The van der Waals surface area contributed by atoms with Crippen LogP contribution in [0.25, 0.3) is 0 Å². The molecule has 0 spiro atoms. The number of amides is 1. The Bertz CT molecular complexity index is 470. The molecule has 0 aliphatic carbocycles. The number of nitrogens with zero attached hydrogens (tertiary/aromatic N) is 1. The first-order valence-electron chi connectivity index (χ1n) is 6.88. The van der Waals surface area contributed by atoms with Crippen LogP contribution in [0.15, 0.2) is 29.4 Å². The maximum absolute atomic E-state index is 11.6. The second kappa shape index (κ2) is 7.08. The molecule has 20 heavy (non-hydrogen) atoms. The number of aryl methyl sites for hydroxylation is 1.